The summed E-state index contributed by atoms with van der Waals surface area (Å²) in [7, 11) is 0. The molecule has 0 radical (unpaired) electrons. The Hall–Kier alpha value is -1.34. The highest BCUT2D eigenvalue weighted by Crippen LogP contribution is 2.36. The van der Waals surface area contributed by atoms with E-state index in [1.54, 1.807) is 15.9 Å². The number of aromatic nitrogens is 2. The maximum atomic E-state index is 13.2. The number of rotatable bonds is 5. The number of nitrogens with zero attached hydrogens (tertiary/aromatic N) is 2. The monoisotopic (exact) mass is 419 g/mol. The van der Waals surface area contributed by atoms with E-state index < -0.39 is 0 Å². The van der Waals surface area contributed by atoms with E-state index >= 15 is 0 Å². The lowest BCUT2D eigenvalue weighted by molar-refractivity contribution is -0.119. The molecule has 7 heteroatoms. The molecule has 2 heterocycles. The van der Waals surface area contributed by atoms with Crippen LogP contribution in [-0.4, -0.2) is 27.3 Å². The third kappa shape index (κ3) is 4.01. The first kappa shape index (κ1) is 20.0. The number of nitrogens with one attached hydrogen (secondary N) is 1. The van der Waals surface area contributed by atoms with Crippen LogP contribution in [0.1, 0.15) is 62.8 Å². The fraction of sp³-hybridized carbons (Fsp3) is 0.667. The van der Waals surface area contributed by atoms with E-state index in [4.69, 9.17) is 4.98 Å². The molecule has 28 heavy (non-hydrogen) atoms. The standard InChI is InChI=1S/C21H29N3O2S2/c1-3-24-20(26)18-15-10-9-13(2)11-16(15)28-19(18)23-21(24)27-12-17(25)22-14-7-5-4-6-8-14/h13-14H,3-12H2,1-2H3,(H,22,25)/t13-/m1/s1. The van der Waals surface area contributed by atoms with Gasteiger partial charge in [-0.1, -0.05) is 37.9 Å². The van der Waals surface area contributed by atoms with Crippen molar-refractivity contribution >= 4 is 39.2 Å². The minimum absolute atomic E-state index is 0.0493. The second-order valence-corrected chi connectivity index (χ2v) is 10.2. The Morgan fingerprint density at radius 2 is 2.07 bits per heavy atom. The molecule has 1 saturated carbocycles. The van der Waals surface area contributed by atoms with E-state index in [1.165, 1.54) is 41.5 Å². The van der Waals surface area contributed by atoms with Crippen molar-refractivity contribution in [1.29, 1.82) is 0 Å². The van der Waals surface area contributed by atoms with Crippen molar-refractivity contribution in [3.05, 3.63) is 20.8 Å². The first-order valence-corrected chi connectivity index (χ1v) is 12.3. The predicted octanol–water partition coefficient (Wildman–Crippen LogP) is 4.14. The smallest absolute Gasteiger partial charge is 0.263 e. The zero-order valence-corrected chi connectivity index (χ0v) is 18.4. The predicted molar refractivity (Wildman–Crippen MR) is 116 cm³/mol. The quantitative estimate of drug-likeness (QED) is 0.584. The number of carbonyl (C=O) groups excluding carboxylic acids is 1. The van der Waals surface area contributed by atoms with Gasteiger partial charge in [0.1, 0.15) is 4.83 Å². The molecule has 1 fully saturated rings. The van der Waals surface area contributed by atoms with Crippen LogP contribution in [0, 0.1) is 5.92 Å². The van der Waals surface area contributed by atoms with Gasteiger partial charge in [-0.2, -0.15) is 0 Å². The molecule has 1 atom stereocenters. The second-order valence-electron chi connectivity index (χ2n) is 8.17. The molecule has 0 spiro atoms. The van der Waals surface area contributed by atoms with Crippen LogP contribution in [0.4, 0.5) is 0 Å². The minimum Gasteiger partial charge on any atom is -0.353 e. The van der Waals surface area contributed by atoms with Crippen molar-refractivity contribution < 1.29 is 4.79 Å². The third-order valence-corrected chi connectivity index (χ3v) is 8.12. The van der Waals surface area contributed by atoms with E-state index in [1.807, 2.05) is 6.92 Å². The molecule has 0 aromatic carbocycles. The molecule has 1 amide bonds. The van der Waals surface area contributed by atoms with Gasteiger partial charge in [0.15, 0.2) is 5.16 Å². The summed E-state index contributed by atoms with van der Waals surface area (Å²) in [6.07, 6.45) is 9.01. The lowest BCUT2D eigenvalue weighted by Crippen LogP contribution is -2.37. The first-order chi connectivity index (χ1) is 13.6. The van der Waals surface area contributed by atoms with Crippen LogP contribution < -0.4 is 10.9 Å². The molecule has 152 valence electrons. The van der Waals surface area contributed by atoms with Crippen LogP contribution >= 0.6 is 23.1 Å². The van der Waals surface area contributed by atoms with Gasteiger partial charge in [-0.25, -0.2) is 4.98 Å². The van der Waals surface area contributed by atoms with Gasteiger partial charge in [-0.05, 0) is 50.5 Å². The summed E-state index contributed by atoms with van der Waals surface area (Å²) in [5.41, 5.74) is 1.29. The van der Waals surface area contributed by atoms with E-state index in [-0.39, 0.29) is 11.5 Å². The highest BCUT2D eigenvalue weighted by molar-refractivity contribution is 7.99. The highest BCUT2D eigenvalue weighted by atomic mass is 32.2. The van der Waals surface area contributed by atoms with Crippen molar-refractivity contribution in [3.63, 3.8) is 0 Å². The fourth-order valence-corrected chi connectivity index (χ4v) is 6.74. The summed E-state index contributed by atoms with van der Waals surface area (Å²) in [4.78, 5) is 32.6. The number of amides is 1. The van der Waals surface area contributed by atoms with Crippen molar-refractivity contribution in [1.82, 2.24) is 14.9 Å². The number of hydrogen-bond donors (Lipinski definition) is 1. The van der Waals surface area contributed by atoms with Crippen molar-refractivity contribution in [2.75, 3.05) is 5.75 Å². The Morgan fingerprint density at radius 1 is 1.29 bits per heavy atom. The number of thiophene rings is 1. The van der Waals surface area contributed by atoms with Gasteiger partial charge in [0, 0.05) is 17.5 Å². The molecule has 2 aromatic rings. The van der Waals surface area contributed by atoms with Gasteiger partial charge in [0.2, 0.25) is 5.91 Å². The van der Waals surface area contributed by atoms with Crippen molar-refractivity contribution in [2.24, 2.45) is 5.92 Å². The van der Waals surface area contributed by atoms with Crippen LogP contribution in [-0.2, 0) is 24.2 Å². The summed E-state index contributed by atoms with van der Waals surface area (Å²) in [5, 5.41) is 4.65. The summed E-state index contributed by atoms with van der Waals surface area (Å²) in [6.45, 7) is 4.83. The molecule has 2 aromatic heterocycles. The molecular formula is C21H29N3O2S2. The summed E-state index contributed by atoms with van der Waals surface area (Å²) in [5.74, 6) is 1.04. The molecule has 2 aliphatic carbocycles. The van der Waals surface area contributed by atoms with Crippen LogP contribution in [0.15, 0.2) is 9.95 Å². The molecule has 0 aliphatic heterocycles. The summed E-state index contributed by atoms with van der Waals surface area (Å²) in [6, 6.07) is 0.316. The Labute approximate surface area is 174 Å². The second kappa shape index (κ2) is 8.57. The molecule has 4 rings (SSSR count). The van der Waals surface area contributed by atoms with E-state index in [0.29, 0.717) is 29.4 Å². The van der Waals surface area contributed by atoms with Gasteiger partial charge in [-0.3, -0.25) is 14.2 Å². The fourth-order valence-electron chi connectivity index (χ4n) is 4.44. The zero-order chi connectivity index (χ0) is 19.7. The Bertz CT molecular complexity index is 928. The Morgan fingerprint density at radius 3 is 2.82 bits per heavy atom. The number of fused-ring (bicyclic) bond motifs is 3. The van der Waals surface area contributed by atoms with Crippen LogP contribution in [0.25, 0.3) is 10.2 Å². The molecule has 0 bridgehead atoms. The lowest BCUT2D eigenvalue weighted by Gasteiger charge is -2.22. The largest absolute Gasteiger partial charge is 0.353 e. The Kier molecular flexibility index (Phi) is 6.11. The van der Waals surface area contributed by atoms with E-state index in [2.05, 4.69) is 12.2 Å². The van der Waals surface area contributed by atoms with Gasteiger partial charge in [0.05, 0.1) is 11.1 Å². The first-order valence-electron chi connectivity index (χ1n) is 10.5. The van der Waals surface area contributed by atoms with Crippen LogP contribution in [0.2, 0.25) is 0 Å². The van der Waals surface area contributed by atoms with Gasteiger partial charge in [0.25, 0.3) is 5.56 Å². The van der Waals surface area contributed by atoms with Gasteiger partial charge >= 0.3 is 0 Å². The number of hydrogen-bond acceptors (Lipinski definition) is 5. The molecule has 2 aliphatic rings. The Balaban J connectivity index is 1.55. The number of aryl methyl sites for hydroxylation is 1. The van der Waals surface area contributed by atoms with Crippen molar-refractivity contribution in [2.45, 2.75) is 83.0 Å². The molecule has 0 unspecified atom stereocenters. The van der Waals surface area contributed by atoms with Gasteiger partial charge < -0.3 is 5.32 Å². The molecule has 0 saturated heterocycles. The van der Waals surface area contributed by atoms with Crippen LogP contribution in [0.5, 0.6) is 0 Å². The maximum absolute atomic E-state index is 13.2. The van der Waals surface area contributed by atoms with E-state index in [0.717, 1.165) is 42.3 Å². The van der Waals surface area contributed by atoms with Crippen LogP contribution in [0.3, 0.4) is 0 Å². The average molecular weight is 420 g/mol. The number of thioether (sulfide) groups is 1. The molecule has 5 nitrogen and oxygen atoms in total. The minimum atomic E-state index is 0.0493. The van der Waals surface area contributed by atoms with Crippen molar-refractivity contribution in [3.8, 4) is 0 Å². The lowest BCUT2D eigenvalue weighted by atomic mass is 9.89. The van der Waals surface area contributed by atoms with Gasteiger partial charge in [-0.15, -0.1) is 11.3 Å². The molecule has 1 N–H and O–H groups in total. The third-order valence-electron chi connectivity index (χ3n) is 6.00. The summed E-state index contributed by atoms with van der Waals surface area (Å²) < 4.78 is 1.74. The zero-order valence-electron chi connectivity index (χ0n) is 16.8. The van der Waals surface area contributed by atoms with E-state index in [9.17, 15) is 9.59 Å². The normalized spacial score (nSPS) is 20.3. The maximum Gasteiger partial charge on any atom is 0.263 e. The summed E-state index contributed by atoms with van der Waals surface area (Å²) >= 11 is 3.07. The number of carbonyl (C=O) groups is 1. The average Bonchev–Trinajstić information content (AvgIpc) is 3.04. The topological polar surface area (TPSA) is 64.0 Å². The highest BCUT2D eigenvalue weighted by Gasteiger charge is 2.25. The molecular weight excluding hydrogens is 390 g/mol. The SMILES string of the molecule is CCn1c(SCC(=O)NC2CCCCC2)nc2sc3c(c2c1=O)CC[C@@H](C)C3.